The summed E-state index contributed by atoms with van der Waals surface area (Å²) >= 11 is 5.64. The maximum absolute atomic E-state index is 13.0. The largest absolute Gasteiger partial charge is 0.493 e. The Morgan fingerprint density at radius 1 is 1.26 bits per heavy atom. The third-order valence-corrected chi connectivity index (χ3v) is 3.18. The first kappa shape index (κ1) is 16.8. The number of aldehydes is 1. The van der Waals surface area contributed by atoms with Crippen molar-refractivity contribution in [1.29, 1.82) is 0 Å². The van der Waals surface area contributed by atoms with Crippen LogP contribution in [0.3, 0.4) is 0 Å². The van der Waals surface area contributed by atoms with Gasteiger partial charge in [0.15, 0.2) is 18.1 Å². The van der Waals surface area contributed by atoms with Crippen LogP contribution in [0.2, 0.25) is 5.02 Å². The molecule has 5 nitrogen and oxygen atoms in total. The van der Waals surface area contributed by atoms with Crippen LogP contribution >= 0.6 is 11.6 Å². The minimum Gasteiger partial charge on any atom is -0.493 e. The predicted molar refractivity (Wildman–Crippen MR) is 83.9 cm³/mol. The SMILES string of the molecule is COc1cc(C=O)ccc1OCC(=O)Nc1ccc(F)c(Cl)c1. The molecule has 0 atom stereocenters. The molecule has 0 saturated carbocycles. The van der Waals surface area contributed by atoms with Gasteiger partial charge in [0, 0.05) is 11.3 Å². The first-order valence-corrected chi connectivity index (χ1v) is 6.92. The zero-order valence-corrected chi connectivity index (χ0v) is 12.9. The summed E-state index contributed by atoms with van der Waals surface area (Å²) in [6.07, 6.45) is 0.678. The minimum atomic E-state index is -0.569. The molecule has 1 amide bonds. The van der Waals surface area contributed by atoms with Crippen molar-refractivity contribution in [1.82, 2.24) is 0 Å². The molecule has 7 heteroatoms. The highest BCUT2D eigenvalue weighted by atomic mass is 35.5. The molecule has 0 saturated heterocycles. The fourth-order valence-corrected chi connectivity index (χ4v) is 1.97. The lowest BCUT2D eigenvalue weighted by atomic mass is 10.2. The number of methoxy groups -OCH3 is 1. The lowest BCUT2D eigenvalue weighted by Crippen LogP contribution is -2.20. The summed E-state index contributed by atoms with van der Waals surface area (Å²) in [6, 6.07) is 8.42. The number of hydrogen-bond acceptors (Lipinski definition) is 4. The Morgan fingerprint density at radius 3 is 2.70 bits per heavy atom. The third kappa shape index (κ3) is 4.43. The molecule has 0 aromatic heterocycles. The molecule has 2 aromatic rings. The number of rotatable bonds is 6. The topological polar surface area (TPSA) is 64.6 Å². The lowest BCUT2D eigenvalue weighted by Gasteiger charge is -2.11. The van der Waals surface area contributed by atoms with Gasteiger partial charge in [-0.05, 0) is 36.4 Å². The van der Waals surface area contributed by atoms with E-state index < -0.39 is 11.7 Å². The van der Waals surface area contributed by atoms with Crippen LogP contribution in [-0.2, 0) is 4.79 Å². The summed E-state index contributed by atoms with van der Waals surface area (Å²) in [7, 11) is 1.43. The van der Waals surface area contributed by atoms with E-state index in [1.165, 1.54) is 31.4 Å². The van der Waals surface area contributed by atoms with Gasteiger partial charge in [0.2, 0.25) is 0 Å². The van der Waals surface area contributed by atoms with Gasteiger partial charge in [0.25, 0.3) is 5.91 Å². The van der Waals surface area contributed by atoms with Crippen LogP contribution in [0.25, 0.3) is 0 Å². The van der Waals surface area contributed by atoms with Crippen LogP contribution in [0, 0.1) is 5.82 Å². The van der Waals surface area contributed by atoms with Gasteiger partial charge < -0.3 is 14.8 Å². The summed E-state index contributed by atoms with van der Waals surface area (Å²) in [6.45, 7) is -0.286. The van der Waals surface area contributed by atoms with Crippen LogP contribution in [0.15, 0.2) is 36.4 Å². The van der Waals surface area contributed by atoms with E-state index >= 15 is 0 Å². The molecular formula is C16H13ClFNO4. The molecule has 0 bridgehead atoms. The molecule has 1 N–H and O–H groups in total. The fourth-order valence-electron chi connectivity index (χ4n) is 1.79. The highest BCUT2D eigenvalue weighted by Gasteiger charge is 2.10. The smallest absolute Gasteiger partial charge is 0.262 e. The molecule has 0 aliphatic rings. The molecule has 2 rings (SSSR count). The first-order chi connectivity index (χ1) is 11.0. The van der Waals surface area contributed by atoms with Crippen molar-refractivity contribution >= 4 is 29.5 Å². The molecule has 0 heterocycles. The average Bonchev–Trinajstić information content (AvgIpc) is 2.56. The standard InChI is InChI=1S/C16H13ClFNO4/c1-22-15-6-10(8-20)2-5-14(15)23-9-16(21)19-11-3-4-13(18)12(17)7-11/h2-8H,9H2,1H3,(H,19,21). The van der Waals surface area contributed by atoms with Crippen molar-refractivity contribution < 1.29 is 23.5 Å². The third-order valence-electron chi connectivity index (χ3n) is 2.89. The van der Waals surface area contributed by atoms with E-state index in [9.17, 15) is 14.0 Å². The number of ether oxygens (including phenoxy) is 2. The highest BCUT2D eigenvalue weighted by Crippen LogP contribution is 2.27. The van der Waals surface area contributed by atoms with Gasteiger partial charge >= 0.3 is 0 Å². The Balaban J connectivity index is 1.98. The van der Waals surface area contributed by atoms with E-state index in [1.54, 1.807) is 6.07 Å². The van der Waals surface area contributed by atoms with Gasteiger partial charge in [-0.1, -0.05) is 11.6 Å². The molecule has 0 radical (unpaired) electrons. The second kappa shape index (κ2) is 7.60. The zero-order valence-electron chi connectivity index (χ0n) is 12.1. The van der Waals surface area contributed by atoms with Crippen molar-refractivity contribution in [2.24, 2.45) is 0 Å². The quantitative estimate of drug-likeness (QED) is 0.821. The predicted octanol–water partition coefficient (Wildman–Crippen LogP) is 3.32. The summed E-state index contributed by atoms with van der Waals surface area (Å²) in [4.78, 5) is 22.5. The second-order valence-corrected chi connectivity index (χ2v) is 4.90. The van der Waals surface area contributed by atoms with E-state index in [2.05, 4.69) is 5.32 Å². The normalized spacial score (nSPS) is 10.0. The Hall–Kier alpha value is -2.60. The Bertz CT molecular complexity index is 736. The number of benzene rings is 2. The van der Waals surface area contributed by atoms with Gasteiger partial charge in [-0.25, -0.2) is 4.39 Å². The van der Waals surface area contributed by atoms with Crippen molar-refractivity contribution in [2.75, 3.05) is 19.0 Å². The van der Waals surface area contributed by atoms with Gasteiger partial charge in [0.05, 0.1) is 12.1 Å². The van der Waals surface area contributed by atoms with E-state index in [0.717, 1.165) is 6.07 Å². The van der Waals surface area contributed by atoms with Gasteiger partial charge in [-0.3, -0.25) is 9.59 Å². The van der Waals surface area contributed by atoms with Gasteiger partial charge in [-0.2, -0.15) is 0 Å². The average molecular weight is 338 g/mol. The Labute approximate surface area is 137 Å². The minimum absolute atomic E-state index is 0.0881. The molecule has 120 valence electrons. The molecule has 2 aromatic carbocycles. The molecule has 0 aliphatic heterocycles. The lowest BCUT2D eigenvalue weighted by molar-refractivity contribution is -0.118. The molecular weight excluding hydrogens is 325 g/mol. The van der Waals surface area contributed by atoms with E-state index in [-0.39, 0.29) is 11.6 Å². The van der Waals surface area contributed by atoms with E-state index in [0.29, 0.717) is 29.0 Å². The summed E-state index contributed by atoms with van der Waals surface area (Å²) in [5.74, 6) is -0.354. The maximum atomic E-state index is 13.0. The van der Waals surface area contributed by atoms with Crippen molar-refractivity contribution in [3.63, 3.8) is 0 Å². The monoisotopic (exact) mass is 337 g/mol. The zero-order chi connectivity index (χ0) is 16.8. The van der Waals surface area contributed by atoms with Crippen LogP contribution in [0.4, 0.5) is 10.1 Å². The summed E-state index contributed by atoms with van der Waals surface area (Å²) in [5.41, 5.74) is 0.785. The number of halogens is 2. The number of carbonyl (C=O) groups excluding carboxylic acids is 2. The van der Waals surface area contributed by atoms with Crippen LogP contribution in [0.5, 0.6) is 11.5 Å². The molecule has 0 aliphatic carbocycles. The number of amides is 1. The Morgan fingerprint density at radius 2 is 2.04 bits per heavy atom. The summed E-state index contributed by atoms with van der Waals surface area (Å²) in [5, 5.41) is 2.44. The van der Waals surface area contributed by atoms with Crippen LogP contribution in [0.1, 0.15) is 10.4 Å². The van der Waals surface area contributed by atoms with Crippen LogP contribution < -0.4 is 14.8 Å². The first-order valence-electron chi connectivity index (χ1n) is 6.54. The fraction of sp³-hybridized carbons (Fsp3) is 0.125. The maximum Gasteiger partial charge on any atom is 0.262 e. The highest BCUT2D eigenvalue weighted by molar-refractivity contribution is 6.31. The number of anilines is 1. The molecule has 0 unspecified atom stereocenters. The number of hydrogen-bond donors (Lipinski definition) is 1. The number of nitrogens with one attached hydrogen (secondary N) is 1. The molecule has 0 spiro atoms. The van der Waals surface area contributed by atoms with Crippen molar-refractivity contribution in [2.45, 2.75) is 0 Å². The Kier molecular flexibility index (Phi) is 5.54. The van der Waals surface area contributed by atoms with E-state index in [4.69, 9.17) is 21.1 Å². The van der Waals surface area contributed by atoms with Crippen molar-refractivity contribution in [3.05, 3.63) is 52.8 Å². The number of carbonyl (C=O) groups is 2. The van der Waals surface area contributed by atoms with E-state index in [1.807, 2.05) is 0 Å². The second-order valence-electron chi connectivity index (χ2n) is 4.49. The van der Waals surface area contributed by atoms with Gasteiger partial charge in [0.1, 0.15) is 12.1 Å². The van der Waals surface area contributed by atoms with Crippen molar-refractivity contribution in [3.8, 4) is 11.5 Å². The molecule has 0 fully saturated rings. The van der Waals surface area contributed by atoms with Gasteiger partial charge in [-0.15, -0.1) is 0 Å². The summed E-state index contributed by atoms with van der Waals surface area (Å²) < 4.78 is 23.5. The molecule has 23 heavy (non-hydrogen) atoms. The van der Waals surface area contributed by atoms with Crippen LogP contribution in [-0.4, -0.2) is 25.9 Å².